The summed E-state index contributed by atoms with van der Waals surface area (Å²) in [7, 11) is 0. The third-order valence-corrected chi connectivity index (χ3v) is 4.40. The zero-order chi connectivity index (χ0) is 18.8. The molecule has 1 aliphatic heterocycles. The van der Waals surface area contributed by atoms with Crippen LogP contribution in [0.25, 0.3) is 16.9 Å². The smallest absolute Gasteiger partial charge is 0.359 e. The lowest BCUT2D eigenvalue weighted by atomic mass is 10.1. The maximum Gasteiger partial charge on any atom is 0.359 e. The monoisotopic (exact) mass is 370 g/mol. The highest BCUT2D eigenvalue weighted by atomic mass is 19.1. The van der Waals surface area contributed by atoms with E-state index in [1.165, 1.54) is 10.6 Å². The number of carbonyl (C=O) groups is 1. The van der Waals surface area contributed by atoms with Crippen LogP contribution in [0.4, 0.5) is 10.2 Å². The number of carbonyl (C=O) groups excluding carboxylic acids is 1. The number of rotatable bonds is 4. The van der Waals surface area contributed by atoms with Crippen LogP contribution in [0.5, 0.6) is 0 Å². The number of imidazole rings is 1. The van der Waals surface area contributed by atoms with Crippen molar-refractivity contribution in [3.63, 3.8) is 0 Å². The fourth-order valence-electron chi connectivity index (χ4n) is 3.11. The van der Waals surface area contributed by atoms with Crippen LogP contribution >= 0.6 is 0 Å². The highest BCUT2D eigenvalue weighted by Gasteiger charge is 2.25. The van der Waals surface area contributed by atoms with Crippen molar-refractivity contribution in [3.05, 3.63) is 47.9 Å². The van der Waals surface area contributed by atoms with Gasteiger partial charge in [-0.3, -0.25) is 0 Å². The molecule has 0 aliphatic carbocycles. The lowest BCUT2D eigenvalue weighted by Crippen LogP contribution is -2.37. The number of hydrogen-bond donors (Lipinski definition) is 0. The van der Waals surface area contributed by atoms with Gasteiger partial charge in [0.2, 0.25) is 0 Å². The second kappa shape index (κ2) is 7.32. The number of fused-ring (bicyclic) bond motifs is 1. The number of nitrogens with zero attached hydrogens (tertiary/aromatic N) is 4. The van der Waals surface area contributed by atoms with Crippen LogP contribution in [0.3, 0.4) is 0 Å². The van der Waals surface area contributed by atoms with Crippen LogP contribution < -0.4 is 4.90 Å². The van der Waals surface area contributed by atoms with E-state index in [0.29, 0.717) is 37.8 Å². The maximum atomic E-state index is 14.4. The Morgan fingerprint density at radius 3 is 2.74 bits per heavy atom. The van der Waals surface area contributed by atoms with Gasteiger partial charge in [0.05, 0.1) is 19.8 Å². The van der Waals surface area contributed by atoms with Crippen LogP contribution in [0.2, 0.25) is 0 Å². The molecule has 1 aromatic carbocycles. The fraction of sp³-hybridized carbons (Fsp3) is 0.316. The van der Waals surface area contributed by atoms with Crippen molar-refractivity contribution in [1.82, 2.24) is 14.6 Å². The van der Waals surface area contributed by atoms with E-state index in [9.17, 15) is 9.18 Å². The molecule has 4 rings (SSSR count). The molecule has 0 radical (unpaired) electrons. The van der Waals surface area contributed by atoms with E-state index in [4.69, 9.17) is 9.47 Å². The predicted molar refractivity (Wildman–Crippen MR) is 97.4 cm³/mol. The van der Waals surface area contributed by atoms with E-state index in [1.54, 1.807) is 31.2 Å². The molecule has 8 heteroatoms. The summed E-state index contributed by atoms with van der Waals surface area (Å²) < 4.78 is 26.4. The summed E-state index contributed by atoms with van der Waals surface area (Å²) in [5.41, 5.74) is 1.03. The van der Waals surface area contributed by atoms with Crippen LogP contribution in [0.15, 0.2) is 36.4 Å². The Morgan fingerprint density at radius 1 is 1.22 bits per heavy atom. The summed E-state index contributed by atoms with van der Waals surface area (Å²) in [4.78, 5) is 19.2. The van der Waals surface area contributed by atoms with Crippen LogP contribution in [0.1, 0.15) is 17.4 Å². The summed E-state index contributed by atoms with van der Waals surface area (Å²) in [6.07, 6.45) is 0. The van der Waals surface area contributed by atoms with E-state index >= 15 is 0 Å². The molecule has 1 saturated heterocycles. The molecular weight excluding hydrogens is 351 g/mol. The first-order chi connectivity index (χ1) is 13.2. The van der Waals surface area contributed by atoms with E-state index in [1.807, 2.05) is 6.07 Å². The van der Waals surface area contributed by atoms with Gasteiger partial charge in [0.25, 0.3) is 0 Å². The minimum atomic E-state index is -0.588. The number of esters is 1. The summed E-state index contributed by atoms with van der Waals surface area (Å²) in [5, 5.41) is 4.58. The van der Waals surface area contributed by atoms with Crippen molar-refractivity contribution in [1.29, 1.82) is 0 Å². The van der Waals surface area contributed by atoms with Gasteiger partial charge in [0, 0.05) is 18.7 Å². The SMILES string of the molecule is CCOC(=O)c1c(-c2ccccc2F)nc2ccc(N3CCOCC3)nn12. The minimum Gasteiger partial charge on any atom is -0.461 e. The van der Waals surface area contributed by atoms with Gasteiger partial charge in [-0.2, -0.15) is 0 Å². The molecule has 0 N–H and O–H groups in total. The standard InChI is InChI=1S/C19H19FN4O3/c1-2-27-19(25)18-17(13-5-3-4-6-14(13)20)21-15-7-8-16(22-24(15)18)23-9-11-26-12-10-23/h3-8H,2,9-12H2,1H3. The fourth-order valence-corrected chi connectivity index (χ4v) is 3.11. The van der Waals surface area contributed by atoms with E-state index in [0.717, 1.165) is 0 Å². The summed E-state index contributed by atoms with van der Waals surface area (Å²) in [5.74, 6) is -0.344. The van der Waals surface area contributed by atoms with Gasteiger partial charge in [0.1, 0.15) is 17.3 Å². The largest absolute Gasteiger partial charge is 0.461 e. The maximum absolute atomic E-state index is 14.4. The molecule has 2 aromatic heterocycles. The van der Waals surface area contributed by atoms with Gasteiger partial charge in [-0.25, -0.2) is 18.7 Å². The number of morpholine rings is 1. The van der Waals surface area contributed by atoms with Crippen LogP contribution in [-0.2, 0) is 9.47 Å². The van der Waals surface area contributed by atoms with Gasteiger partial charge in [0.15, 0.2) is 11.3 Å². The minimum absolute atomic E-state index is 0.118. The van der Waals surface area contributed by atoms with Crippen LogP contribution in [0, 0.1) is 5.82 Å². The van der Waals surface area contributed by atoms with E-state index in [2.05, 4.69) is 15.0 Å². The van der Waals surface area contributed by atoms with Gasteiger partial charge in [-0.1, -0.05) is 12.1 Å². The Kier molecular flexibility index (Phi) is 4.72. The molecule has 0 bridgehead atoms. The van der Waals surface area contributed by atoms with Gasteiger partial charge < -0.3 is 14.4 Å². The number of halogens is 1. The summed E-state index contributed by atoms with van der Waals surface area (Å²) in [6.45, 7) is 4.58. The highest BCUT2D eigenvalue weighted by Crippen LogP contribution is 2.28. The van der Waals surface area contributed by atoms with Crippen molar-refractivity contribution in [3.8, 4) is 11.3 Å². The van der Waals surface area contributed by atoms with Gasteiger partial charge in [-0.15, -0.1) is 5.10 Å². The lowest BCUT2D eigenvalue weighted by molar-refractivity contribution is 0.0517. The predicted octanol–water partition coefficient (Wildman–Crippen LogP) is 2.55. The molecule has 0 unspecified atom stereocenters. The molecular formula is C19H19FN4O3. The molecule has 3 aromatic rings. The Hall–Kier alpha value is -3.00. The molecule has 27 heavy (non-hydrogen) atoms. The third-order valence-electron chi connectivity index (χ3n) is 4.40. The normalized spacial score (nSPS) is 14.5. The third kappa shape index (κ3) is 3.23. The molecule has 140 valence electrons. The van der Waals surface area contributed by atoms with Crippen LogP contribution in [-0.4, -0.2) is 53.5 Å². The number of anilines is 1. The molecule has 1 fully saturated rings. The summed E-state index contributed by atoms with van der Waals surface area (Å²) in [6, 6.07) is 9.82. The first kappa shape index (κ1) is 17.4. The molecule has 0 atom stereocenters. The zero-order valence-corrected chi connectivity index (χ0v) is 14.9. The lowest BCUT2D eigenvalue weighted by Gasteiger charge is -2.27. The molecule has 3 heterocycles. The Labute approximate surface area is 155 Å². The second-order valence-corrected chi connectivity index (χ2v) is 6.07. The van der Waals surface area contributed by atoms with Crippen molar-refractivity contribution < 1.29 is 18.7 Å². The van der Waals surface area contributed by atoms with Crippen molar-refractivity contribution >= 4 is 17.4 Å². The number of aromatic nitrogens is 3. The Morgan fingerprint density at radius 2 is 2.00 bits per heavy atom. The van der Waals surface area contributed by atoms with E-state index < -0.39 is 11.8 Å². The van der Waals surface area contributed by atoms with Crippen molar-refractivity contribution in [2.45, 2.75) is 6.92 Å². The molecule has 7 nitrogen and oxygen atoms in total. The first-order valence-corrected chi connectivity index (χ1v) is 8.83. The summed E-state index contributed by atoms with van der Waals surface area (Å²) >= 11 is 0. The van der Waals surface area contributed by atoms with Gasteiger partial charge in [-0.05, 0) is 31.2 Å². The highest BCUT2D eigenvalue weighted by molar-refractivity contribution is 5.96. The Bertz CT molecular complexity index is 982. The topological polar surface area (TPSA) is 69.0 Å². The zero-order valence-electron chi connectivity index (χ0n) is 14.9. The Balaban J connectivity index is 1.88. The number of ether oxygens (including phenoxy) is 2. The second-order valence-electron chi connectivity index (χ2n) is 6.07. The molecule has 0 spiro atoms. The van der Waals surface area contributed by atoms with Crippen molar-refractivity contribution in [2.75, 3.05) is 37.8 Å². The molecule has 0 amide bonds. The number of hydrogen-bond acceptors (Lipinski definition) is 6. The molecule has 0 saturated carbocycles. The average molecular weight is 370 g/mol. The average Bonchev–Trinajstić information content (AvgIpc) is 3.07. The molecule has 1 aliphatic rings. The van der Waals surface area contributed by atoms with E-state index in [-0.39, 0.29) is 23.6 Å². The van der Waals surface area contributed by atoms with Gasteiger partial charge >= 0.3 is 5.97 Å². The van der Waals surface area contributed by atoms with Crippen molar-refractivity contribution in [2.24, 2.45) is 0 Å². The number of benzene rings is 1. The quantitative estimate of drug-likeness (QED) is 0.658. The first-order valence-electron chi connectivity index (χ1n) is 8.83.